The SMILES string of the molecule is CC1(C)c2ccccc2-c2cc(-c3nc(Cc4cccc5oc6ccc(-c7ccc8c9c%10c(ccc79)C=CCC%10=CC8)cc6c45)nc(-c4ccccc4)n3)ccc21. The Morgan fingerprint density at radius 3 is 2.32 bits per heavy atom. The minimum atomic E-state index is -0.0710. The van der Waals surface area contributed by atoms with Gasteiger partial charge in [-0.05, 0) is 109 Å². The van der Waals surface area contributed by atoms with E-state index in [4.69, 9.17) is 19.4 Å². The van der Waals surface area contributed by atoms with Gasteiger partial charge >= 0.3 is 0 Å². The lowest BCUT2D eigenvalue weighted by atomic mass is 9.80. The largest absolute Gasteiger partial charge is 0.456 e. The first-order valence-corrected chi connectivity index (χ1v) is 19.9. The Morgan fingerprint density at radius 2 is 1.40 bits per heavy atom. The molecule has 7 aromatic carbocycles. The van der Waals surface area contributed by atoms with Gasteiger partial charge in [-0.3, -0.25) is 0 Å². The lowest BCUT2D eigenvalue weighted by Gasteiger charge is -2.24. The van der Waals surface area contributed by atoms with Gasteiger partial charge in [0.2, 0.25) is 0 Å². The molecule has 3 aliphatic carbocycles. The van der Waals surface area contributed by atoms with E-state index in [0.717, 1.165) is 57.3 Å². The summed E-state index contributed by atoms with van der Waals surface area (Å²) in [4.78, 5) is 15.4. The first-order valence-electron chi connectivity index (χ1n) is 19.9. The summed E-state index contributed by atoms with van der Waals surface area (Å²) in [6.07, 6.45) is 9.49. The number of hydrogen-bond donors (Lipinski definition) is 0. The summed E-state index contributed by atoms with van der Waals surface area (Å²) in [7, 11) is 0. The van der Waals surface area contributed by atoms with Crippen molar-refractivity contribution in [3.63, 3.8) is 0 Å². The molecule has 0 saturated carbocycles. The van der Waals surface area contributed by atoms with Crippen LogP contribution in [-0.4, -0.2) is 15.0 Å². The quantitative estimate of drug-likeness (QED) is 0.177. The summed E-state index contributed by atoms with van der Waals surface area (Å²) in [6, 6.07) is 47.9. The van der Waals surface area contributed by atoms with Crippen molar-refractivity contribution in [1.29, 1.82) is 0 Å². The first-order chi connectivity index (χ1) is 28.0. The Morgan fingerprint density at radius 1 is 0.579 bits per heavy atom. The van der Waals surface area contributed by atoms with E-state index in [1.807, 2.05) is 18.2 Å². The Balaban J connectivity index is 0.992. The minimum absolute atomic E-state index is 0.0710. The number of rotatable bonds is 5. The minimum Gasteiger partial charge on any atom is -0.456 e. The van der Waals surface area contributed by atoms with Crippen LogP contribution in [0.3, 0.4) is 0 Å². The van der Waals surface area contributed by atoms with Gasteiger partial charge in [-0.15, -0.1) is 0 Å². The second-order valence-electron chi connectivity index (χ2n) is 16.2. The number of aromatic nitrogens is 3. The van der Waals surface area contributed by atoms with Crippen LogP contribution in [0.1, 0.15) is 59.5 Å². The molecule has 2 heterocycles. The van der Waals surface area contributed by atoms with Crippen LogP contribution < -0.4 is 0 Å². The van der Waals surface area contributed by atoms with Crippen molar-refractivity contribution in [1.82, 2.24) is 15.0 Å². The summed E-state index contributed by atoms with van der Waals surface area (Å²) in [6.45, 7) is 4.62. The molecule has 4 nitrogen and oxygen atoms in total. The molecular weight excluding hydrogens is 695 g/mol. The molecule has 0 radical (unpaired) electrons. The fraction of sp³-hybridized carbons (Fsp3) is 0.113. The maximum absolute atomic E-state index is 6.53. The van der Waals surface area contributed by atoms with Gasteiger partial charge in [0.1, 0.15) is 17.0 Å². The molecule has 57 heavy (non-hydrogen) atoms. The molecule has 0 saturated heterocycles. The van der Waals surface area contributed by atoms with Crippen LogP contribution in [0, 0.1) is 0 Å². The standard InChI is InChI=1S/C53H37N3O/c1-53(2)43-16-7-6-15-39(43)41-29-37(22-26-44(41)53)52-55-47(54-51(56-52)34-10-4-3-5-11-34)30-36-14-9-17-46-49(36)42-28-35(23-27-45(42)57-46)38-24-20-33-19-18-31-12-8-13-32-21-25-40(38)50(33)48(31)32/h3-11,13-18,20-29H,12,19,30H2,1-2H3. The first kappa shape index (κ1) is 32.3. The van der Waals surface area contributed by atoms with Gasteiger partial charge < -0.3 is 4.42 Å². The highest BCUT2D eigenvalue weighted by molar-refractivity contribution is 6.11. The molecule has 270 valence electrons. The summed E-state index contributed by atoms with van der Waals surface area (Å²) >= 11 is 0. The summed E-state index contributed by atoms with van der Waals surface area (Å²) in [5.74, 6) is 2.06. The van der Waals surface area contributed by atoms with Crippen molar-refractivity contribution in [2.45, 2.75) is 38.5 Å². The molecular formula is C53H37N3O. The Bertz CT molecular complexity index is 3240. The average Bonchev–Trinajstić information content (AvgIpc) is 3.74. The molecule has 0 spiro atoms. The van der Waals surface area contributed by atoms with Gasteiger partial charge in [-0.25, -0.2) is 15.0 Å². The van der Waals surface area contributed by atoms with E-state index < -0.39 is 0 Å². The van der Waals surface area contributed by atoms with Gasteiger partial charge in [-0.2, -0.15) is 0 Å². The number of hydrogen-bond acceptors (Lipinski definition) is 4. The third kappa shape index (κ3) is 4.90. The van der Waals surface area contributed by atoms with Crippen molar-refractivity contribution in [2.75, 3.05) is 0 Å². The fourth-order valence-electron chi connectivity index (χ4n) is 9.86. The molecule has 0 bridgehead atoms. The maximum atomic E-state index is 6.53. The third-order valence-electron chi connectivity index (χ3n) is 12.6. The van der Waals surface area contributed by atoms with Crippen LogP contribution in [0.5, 0.6) is 0 Å². The van der Waals surface area contributed by atoms with Crippen molar-refractivity contribution < 1.29 is 4.42 Å². The van der Waals surface area contributed by atoms with E-state index in [9.17, 15) is 0 Å². The average molecular weight is 732 g/mol. The Hall–Kier alpha value is -6.91. The number of furan rings is 1. The summed E-state index contributed by atoms with van der Waals surface area (Å²) < 4.78 is 6.53. The van der Waals surface area contributed by atoms with Crippen LogP contribution in [0.4, 0.5) is 0 Å². The molecule has 0 unspecified atom stereocenters. The Kier molecular flexibility index (Phi) is 6.83. The third-order valence-corrected chi connectivity index (χ3v) is 12.6. The fourth-order valence-corrected chi connectivity index (χ4v) is 9.86. The molecule has 0 N–H and O–H groups in total. The lowest BCUT2D eigenvalue weighted by Crippen LogP contribution is -2.14. The van der Waals surface area contributed by atoms with E-state index in [1.54, 1.807) is 0 Å². The van der Waals surface area contributed by atoms with Gasteiger partial charge in [0.25, 0.3) is 0 Å². The predicted molar refractivity (Wildman–Crippen MR) is 233 cm³/mol. The maximum Gasteiger partial charge on any atom is 0.163 e. The van der Waals surface area contributed by atoms with Crippen LogP contribution in [0.2, 0.25) is 0 Å². The van der Waals surface area contributed by atoms with E-state index in [2.05, 4.69) is 147 Å². The smallest absolute Gasteiger partial charge is 0.163 e. The molecule has 0 atom stereocenters. The monoisotopic (exact) mass is 731 g/mol. The van der Waals surface area contributed by atoms with Crippen LogP contribution in [-0.2, 0) is 18.3 Å². The number of allylic oxidation sites excluding steroid dienone is 3. The molecule has 12 rings (SSSR count). The van der Waals surface area contributed by atoms with Gasteiger partial charge in [0.15, 0.2) is 11.6 Å². The van der Waals surface area contributed by atoms with Crippen molar-refractivity contribution in [3.05, 3.63) is 185 Å². The molecule has 3 aliphatic rings. The van der Waals surface area contributed by atoms with Crippen molar-refractivity contribution >= 4 is 44.4 Å². The van der Waals surface area contributed by atoms with Crippen LogP contribution in [0.15, 0.2) is 150 Å². The van der Waals surface area contributed by atoms with Gasteiger partial charge in [-0.1, -0.05) is 141 Å². The highest BCUT2D eigenvalue weighted by atomic mass is 16.3. The molecule has 2 aromatic heterocycles. The number of benzene rings is 7. The van der Waals surface area contributed by atoms with Crippen LogP contribution in [0.25, 0.3) is 89.4 Å². The zero-order valence-electron chi connectivity index (χ0n) is 31.8. The highest BCUT2D eigenvalue weighted by Crippen LogP contribution is 2.49. The molecule has 0 fully saturated rings. The number of nitrogens with zero attached hydrogens (tertiary/aromatic N) is 3. The van der Waals surface area contributed by atoms with Crippen molar-refractivity contribution in [3.8, 4) is 45.0 Å². The highest BCUT2D eigenvalue weighted by Gasteiger charge is 2.35. The van der Waals surface area contributed by atoms with E-state index in [0.29, 0.717) is 18.1 Å². The Labute approximate surface area is 330 Å². The normalized spacial score (nSPS) is 14.6. The van der Waals surface area contributed by atoms with E-state index >= 15 is 0 Å². The van der Waals surface area contributed by atoms with Gasteiger partial charge in [0.05, 0.1) is 0 Å². The molecule has 0 aliphatic heterocycles. The van der Waals surface area contributed by atoms with E-state index in [-0.39, 0.29) is 5.41 Å². The van der Waals surface area contributed by atoms with Gasteiger partial charge in [0, 0.05) is 33.7 Å². The number of fused-ring (bicyclic) bond motifs is 6. The topological polar surface area (TPSA) is 51.8 Å². The van der Waals surface area contributed by atoms with Crippen molar-refractivity contribution in [2.24, 2.45) is 0 Å². The lowest BCUT2D eigenvalue weighted by molar-refractivity contribution is 0.660. The second kappa shape index (κ2) is 12.0. The second-order valence-corrected chi connectivity index (χ2v) is 16.2. The predicted octanol–water partition coefficient (Wildman–Crippen LogP) is 13.2. The molecule has 0 amide bonds. The molecule has 9 aromatic rings. The summed E-state index contributed by atoms with van der Waals surface area (Å²) in [5.41, 5.74) is 18.0. The zero-order valence-corrected chi connectivity index (χ0v) is 31.8. The van der Waals surface area contributed by atoms with E-state index in [1.165, 1.54) is 66.4 Å². The summed E-state index contributed by atoms with van der Waals surface area (Å²) in [5, 5.41) is 4.91. The molecule has 4 heteroatoms. The van der Waals surface area contributed by atoms with Crippen LogP contribution >= 0.6 is 0 Å². The zero-order chi connectivity index (χ0) is 37.8.